The highest BCUT2D eigenvalue weighted by molar-refractivity contribution is 6.10. The number of ether oxygens (including phenoxy) is 2. The normalized spacial score (nSPS) is 11.8. The molecule has 5 aromatic heterocycles. The number of pyridine rings is 2. The van der Waals surface area contributed by atoms with Crippen LogP contribution >= 0.6 is 0 Å². The molecule has 56 heavy (non-hydrogen) atoms. The van der Waals surface area contributed by atoms with Crippen LogP contribution in [0, 0.1) is 0 Å². The molecule has 0 aliphatic heterocycles. The number of aromatic nitrogens is 7. The first-order chi connectivity index (χ1) is 27.4. The number of hydrogen-bond acceptors (Lipinski definition) is 7. The van der Waals surface area contributed by atoms with Gasteiger partial charge in [-0.1, -0.05) is 48.5 Å². The van der Waals surface area contributed by atoms with Gasteiger partial charge in [0.1, 0.15) is 40.2 Å². The molecule has 0 bridgehead atoms. The van der Waals surface area contributed by atoms with Crippen LogP contribution < -0.4 is 9.47 Å². The number of halogens is 3. The van der Waals surface area contributed by atoms with Crippen LogP contribution in [0.3, 0.4) is 0 Å². The van der Waals surface area contributed by atoms with Crippen molar-refractivity contribution in [3.05, 3.63) is 164 Å². The molecule has 0 amide bonds. The number of hydrogen-bond donors (Lipinski definition) is 0. The summed E-state index contributed by atoms with van der Waals surface area (Å²) in [5.74, 6) is 0.725. The van der Waals surface area contributed by atoms with E-state index in [0.29, 0.717) is 22.7 Å². The van der Waals surface area contributed by atoms with E-state index in [0.717, 1.165) is 32.6 Å². The summed E-state index contributed by atoms with van der Waals surface area (Å²) in [5.41, 5.74) is 2.29. The number of nitrogens with zero attached hydrogens (tertiary/aromatic N) is 7. The van der Waals surface area contributed by atoms with Gasteiger partial charge in [0.15, 0.2) is 5.82 Å². The second-order valence-electron chi connectivity index (χ2n) is 13.0. The maximum Gasteiger partial charge on any atom is 0.423 e. The van der Waals surface area contributed by atoms with Crippen molar-refractivity contribution in [2.24, 2.45) is 0 Å². The second kappa shape index (κ2) is 13.1. The van der Waals surface area contributed by atoms with Gasteiger partial charge in [0.2, 0.25) is 0 Å². The van der Waals surface area contributed by atoms with Crippen LogP contribution in [0.25, 0.3) is 66.6 Å². The van der Waals surface area contributed by atoms with Gasteiger partial charge in [0, 0.05) is 57.8 Å². The van der Waals surface area contributed by atoms with Crippen molar-refractivity contribution < 1.29 is 22.6 Å². The summed E-state index contributed by atoms with van der Waals surface area (Å²) in [6, 6.07) is 39.7. The van der Waals surface area contributed by atoms with E-state index in [4.69, 9.17) is 9.47 Å². The number of benzene rings is 5. The Hall–Kier alpha value is -7.60. The summed E-state index contributed by atoms with van der Waals surface area (Å²) < 4.78 is 62.5. The van der Waals surface area contributed by atoms with Gasteiger partial charge in [-0.15, -0.1) is 5.10 Å². The maximum absolute atomic E-state index is 15.4. The van der Waals surface area contributed by atoms with Gasteiger partial charge in [-0.25, -0.2) is 15.0 Å². The van der Waals surface area contributed by atoms with Crippen molar-refractivity contribution in [2.45, 2.75) is 6.18 Å². The third kappa shape index (κ3) is 5.62. The minimum Gasteiger partial charge on any atom is -0.456 e. The van der Waals surface area contributed by atoms with E-state index >= 15 is 13.2 Å². The zero-order chi connectivity index (χ0) is 37.8. The Kier molecular flexibility index (Phi) is 7.70. The molecule has 9 nitrogen and oxygen atoms in total. The zero-order valence-electron chi connectivity index (χ0n) is 29.1. The summed E-state index contributed by atoms with van der Waals surface area (Å²) in [7, 11) is 0. The summed E-state index contributed by atoms with van der Waals surface area (Å²) in [6.07, 6.45) is 1.27. The third-order valence-electron chi connectivity index (χ3n) is 9.59. The van der Waals surface area contributed by atoms with Crippen molar-refractivity contribution >= 4 is 43.6 Å². The molecule has 0 aliphatic carbocycles. The van der Waals surface area contributed by atoms with Gasteiger partial charge >= 0.3 is 6.18 Å². The summed E-state index contributed by atoms with van der Waals surface area (Å²) in [6.45, 7) is 0. The molecule has 12 heteroatoms. The molecule has 270 valence electrons. The Balaban J connectivity index is 1.14. The van der Waals surface area contributed by atoms with Crippen LogP contribution in [0.2, 0.25) is 0 Å². The number of alkyl halides is 3. The van der Waals surface area contributed by atoms with Crippen molar-refractivity contribution in [1.82, 2.24) is 34.3 Å². The summed E-state index contributed by atoms with van der Waals surface area (Å²) in [4.78, 5) is 13.4. The number of fused-ring (bicyclic) bond motifs is 6. The van der Waals surface area contributed by atoms with Crippen LogP contribution in [0.4, 0.5) is 13.2 Å². The largest absolute Gasteiger partial charge is 0.456 e. The minimum atomic E-state index is -4.90. The quantitative estimate of drug-likeness (QED) is 0.161. The standard InChI is InChI=1S/C44H26F3N7O2/c45-44(46,47)42-38(55-28-15-17-32-30-9-1-3-11-34(30)53(36(32)25-28)40-13-5-7-19-48-40)23-27(43-50-21-22-51-52-43)24-39(42)56-29-16-18-33-31-10-2-4-12-35(31)54(37(33)26-29)41-14-6-8-20-49-41/h1-26H. The highest BCUT2D eigenvalue weighted by atomic mass is 19.4. The van der Waals surface area contributed by atoms with E-state index in [-0.39, 0.29) is 22.9 Å². The molecule has 5 heterocycles. The topological polar surface area (TPSA) is 92.8 Å². The molecule has 10 rings (SSSR count). The first kappa shape index (κ1) is 33.0. The molecule has 10 aromatic rings. The fraction of sp³-hybridized carbons (Fsp3) is 0.0227. The second-order valence-corrected chi connectivity index (χ2v) is 13.0. The Morgan fingerprint density at radius 3 is 1.43 bits per heavy atom. The molecule has 5 aromatic carbocycles. The molecule has 0 aliphatic rings. The molecular weight excluding hydrogens is 716 g/mol. The lowest BCUT2D eigenvalue weighted by atomic mass is 10.1. The van der Waals surface area contributed by atoms with Crippen molar-refractivity contribution in [2.75, 3.05) is 0 Å². The van der Waals surface area contributed by atoms with Gasteiger partial charge in [0.05, 0.1) is 28.3 Å². The van der Waals surface area contributed by atoms with E-state index in [9.17, 15) is 0 Å². The summed E-state index contributed by atoms with van der Waals surface area (Å²) in [5, 5.41) is 11.7. The van der Waals surface area contributed by atoms with Crippen LogP contribution in [-0.4, -0.2) is 34.3 Å². The van der Waals surface area contributed by atoms with Crippen LogP contribution in [-0.2, 0) is 6.18 Å². The monoisotopic (exact) mass is 741 g/mol. The maximum atomic E-state index is 15.4. The Morgan fingerprint density at radius 2 is 0.964 bits per heavy atom. The predicted molar refractivity (Wildman–Crippen MR) is 208 cm³/mol. The molecule has 0 atom stereocenters. The van der Waals surface area contributed by atoms with Crippen LogP contribution in [0.1, 0.15) is 5.56 Å². The Labute approximate surface area is 315 Å². The Morgan fingerprint density at radius 1 is 0.464 bits per heavy atom. The SMILES string of the molecule is FC(F)(F)c1c(Oc2ccc3c4ccccc4n(-c4ccccn4)c3c2)cc(-c2nccnn2)cc1Oc1ccc2c3ccccc3n(-c3ccccn3)c2c1. The van der Waals surface area contributed by atoms with E-state index in [2.05, 4.69) is 25.1 Å². The van der Waals surface area contributed by atoms with Gasteiger partial charge in [-0.2, -0.15) is 18.3 Å². The van der Waals surface area contributed by atoms with Gasteiger partial charge in [-0.05, 0) is 72.8 Å². The van der Waals surface area contributed by atoms with Crippen molar-refractivity contribution in [1.29, 1.82) is 0 Å². The lowest BCUT2D eigenvalue weighted by Crippen LogP contribution is -2.10. The van der Waals surface area contributed by atoms with E-state index in [1.165, 1.54) is 24.5 Å². The molecule has 0 spiro atoms. The molecule has 0 N–H and O–H groups in total. The van der Waals surface area contributed by atoms with Crippen molar-refractivity contribution in [3.63, 3.8) is 0 Å². The first-order valence-electron chi connectivity index (χ1n) is 17.5. The molecule has 0 fully saturated rings. The number of rotatable bonds is 7. The third-order valence-corrected chi connectivity index (χ3v) is 9.59. The van der Waals surface area contributed by atoms with Crippen LogP contribution in [0.15, 0.2) is 158 Å². The average Bonchev–Trinajstić information content (AvgIpc) is 3.73. The zero-order valence-corrected chi connectivity index (χ0v) is 29.1. The minimum absolute atomic E-state index is 0.0902. The summed E-state index contributed by atoms with van der Waals surface area (Å²) >= 11 is 0. The smallest absolute Gasteiger partial charge is 0.423 e. The van der Waals surface area contributed by atoms with E-state index in [1.54, 1.807) is 36.7 Å². The van der Waals surface area contributed by atoms with E-state index < -0.39 is 23.2 Å². The van der Waals surface area contributed by atoms with Crippen LogP contribution in [0.5, 0.6) is 23.0 Å². The van der Waals surface area contributed by atoms with Gasteiger partial charge in [0.25, 0.3) is 0 Å². The lowest BCUT2D eigenvalue weighted by Gasteiger charge is -2.20. The average molecular weight is 742 g/mol. The Bertz CT molecular complexity index is 2900. The lowest BCUT2D eigenvalue weighted by molar-refractivity contribution is -0.139. The first-order valence-corrected chi connectivity index (χ1v) is 17.5. The predicted octanol–water partition coefficient (Wildman–Crippen LogP) is 11.1. The highest BCUT2D eigenvalue weighted by Gasteiger charge is 2.40. The van der Waals surface area contributed by atoms with Crippen molar-refractivity contribution in [3.8, 4) is 46.0 Å². The molecular formula is C44H26F3N7O2. The highest BCUT2D eigenvalue weighted by Crippen LogP contribution is 2.48. The molecule has 0 radical (unpaired) electrons. The molecule has 0 saturated heterocycles. The number of para-hydroxylation sites is 2. The molecule has 0 saturated carbocycles. The molecule has 0 unspecified atom stereocenters. The van der Waals surface area contributed by atoms with E-state index in [1.807, 2.05) is 106 Å². The van der Waals surface area contributed by atoms with Gasteiger partial charge in [-0.3, -0.25) is 9.13 Å². The fourth-order valence-corrected chi connectivity index (χ4v) is 7.29. The van der Waals surface area contributed by atoms with Gasteiger partial charge < -0.3 is 9.47 Å². The fourth-order valence-electron chi connectivity index (χ4n) is 7.29.